The molecule has 1 aliphatic heterocycles. The van der Waals surface area contributed by atoms with E-state index < -0.39 is 17.7 Å². The van der Waals surface area contributed by atoms with Crippen LogP contribution in [0.2, 0.25) is 0 Å². The molecule has 6 nitrogen and oxygen atoms in total. The molecule has 2 aromatic rings. The molecule has 1 aliphatic rings. The van der Waals surface area contributed by atoms with Crippen LogP contribution in [0.15, 0.2) is 35.0 Å². The van der Waals surface area contributed by atoms with Crippen molar-refractivity contribution in [3.05, 3.63) is 46.0 Å². The molecule has 3 rings (SSSR count). The Hall–Kier alpha value is -2.88. The number of thiazole rings is 1. The molecule has 1 aromatic carbocycles. The van der Waals surface area contributed by atoms with E-state index in [1.165, 1.54) is 36.7 Å². The van der Waals surface area contributed by atoms with Gasteiger partial charge in [-0.1, -0.05) is 11.3 Å². The van der Waals surface area contributed by atoms with Gasteiger partial charge in [-0.15, -0.1) is 0 Å². The number of aliphatic imine (C=N–C) groups is 1. The van der Waals surface area contributed by atoms with Crippen molar-refractivity contribution >= 4 is 34.4 Å². The number of aromatic nitrogens is 1. The fourth-order valence-corrected chi connectivity index (χ4v) is 3.09. The van der Waals surface area contributed by atoms with Crippen LogP contribution in [0.4, 0.5) is 18.3 Å². The van der Waals surface area contributed by atoms with E-state index in [9.17, 15) is 18.0 Å². The molecule has 0 saturated heterocycles. The highest BCUT2D eigenvalue weighted by atomic mass is 32.1. The topological polar surface area (TPSA) is 64.0 Å². The number of cyclic esters (lactones) is 1. The van der Waals surface area contributed by atoms with Gasteiger partial charge >= 0.3 is 12.1 Å². The highest BCUT2D eigenvalue weighted by Crippen LogP contribution is 2.34. The summed E-state index contributed by atoms with van der Waals surface area (Å²) in [5, 5.41) is 0.678. The first-order valence-electron chi connectivity index (χ1n) is 7.61. The second kappa shape index (κ2) is 7.03. The monoisotopic (exact) mass is 397 g/mol. The molecule has 0 aliphatic carbocycles. The SMILES string of the molecule is COc1nc(N(C)C)sc1/C=C1\N=C(c2ccc(C(F)(F)F)cc2)OC1=O. The number of halogens is 3. The Bertz CT molecular complexity index is 931. The van der Waals surface area contributed by atoms with Crippen LogP contribution >= 0.6 is 11.3 Å². The number of carbonyl (C=O) groups is 1. The molecule has 0 amide bonds. The Labute approximate surface area is 156 Å². The number of alkyl halides is 3. The third kappa shape index (κ3) is 3.95. The number of hydrogen-bond acceptors (Lipinski definition) is 7. The first-order chi connectivity index (χ1) is 12.7. The van der Waals surface area contributed by atoms with Crippen LogP contribution in [0.1, 0.15) is 16.0 Å². The van der Waals surface area contributed by atoms with Crippen LogP contribution in [0, 0.1) is 0 Å². The molecular weight excluding hydrogens is 383 g/mol. The van der Waals surface area contributed by atoms with Crippen LogP contribution < -0.4 is 9.64 Å². The Morgan fingerprint density at radius 3 is 2.44 bits per heavy atom. The number of rotatable bonds is 4. The average molecular weight is 397 g/mol. The summed E-state index contributed by atoms with van der Waals surface area (Å²) in [6.07, 6.45) is -2.96. The van der Waals surface area contributed by atoms with Gasteiger partial charge < -0.3 is 14.4 Å². The largest absolute Gasteiger partial charge is 0.480 e. The van der Waals surface area contributed by atoms with Crippen molar-refractivity contribution < 1.29 is 27.4 Å². The Morgan fingerprint density at radius 2 is 1.89 bits per heavy atom. The predicted octanol–water partition coefficient (Wildman–Crippen LogP) is 3.58. The smallest absolute Gasteiger partial charge is 0.416 e. The number of nitrogens with zero attached hydrogens (tertiary/aromatic N) is 3. The lowest BCUT2D eigenvalue weighted by molar-refractivity contribution is -0.137. The third-order valence-electron chi connectivity index (χ3n) is 3.53. The minimum Gasteiger partial charge on any atom is -0.480 e. The fraction of sp³-hybridized carbons (Fsp3) is 0.235. The van der Waals surface area contributed by atoms with Gasteiger partial charge in [0.25, 0.3) is 0 Å². The molecule has 0 unspecified atom stereocenters. The van der Waals surface area contributed by atoms with Crippen molar-refractivity contribution in [1.82, 2.24) is 4.98 Å². The second-order valence-electron chi connectivity index (χ2n) is 5.68. The van der Waals surface area contributed by atoms with Gasteiger partial charge in [0.05, 0.1) is 17.6 Å². The van der Waals surface area contributed by atoms with Crippen LogP contribution in [-0.4, -0.2) is 38.1 Å². The van der Waals surface area contributed by atoms with Crippen molar-refractivity contribution in [2.24, 2.45) is 4.99 Å². The number of ether oxygens (including phenoxy) is 2. The second-order valence-corrected chi connectivity index (χ2v) is 6.68. The lowest BCUT2D eigenvalue weighted by Crippen LogP contribution is -2.08. The Balaban J connectivity index is 1.91. The van der Waals surface area contributed by atoms with Crippen molar-refractivity contribution in [3.8, 4) is 5.88 Å². The van der Waals surface area contributed by atoms with Gasteiger partial charge in [-0.25, -0.2) is 9.79 Å². The highest BCUT2D eigenvalue weighted by molar-refractivity contribution is 7.16. The van der Waals surface area contributed by atoms with E-state index >= 15 is 0 Å². The van der Waals surface area contributed by atoms with E-state index in [1.54, 1.807) is 4.90 Å². The predicted molar refractivity (Wildman–Crippen MR) is 95.0 cm³/mol. The zero-order valence-corrected chi connectivity index (χ0v) is 15.3. The summed E-state index contributed by atoms with van der Waals surface area (Å²) in [7, 11) is 5.10. The number of hydrogen-bond donors (Lipinski definition) is 0. The van der Waals surface area contributed by atoms with Gasteiger partial charge in [-0.3, -0.25) is 0 Å². The molecular formula is C17H14F3N3O3S. The number of esters is 1. The normalized spacial score (nSPS) is 15.7. The number of methoxy groups -OCH3 is 1. The van der Waals surface area contributed by atoms with Crippen LogP contribution in [0.5, 0.6) is 5.88 Å². The van der Waals surface area contributed by atoms with E-state index in [4.69, 9.17) is 9.47 Å². The zero-order valence-electron chi connectivity index (χ0n) is 14.5. The molecule has 142 valence electrons. The standard InChI is InChI=1S/C17H14F3N3O3S/c1-23(2)16-22-14(25-3)12(27-16)8-11-15(24)26-13(21-11)9-4-6-10(7-5-9)17(18,19)20/h4-8H,1-3H3/b11-8-. The molecule has 1 aromatic heterocycles. The van der Waals surface area contributed by atoms with E-state index in [-0.39, 0.29) is 17.2 Å². The van der Waals surface area contributed by atoms with Crippen molar-refractivity contribution in [2.75, 3.05) is 26.1 Å². The first-order valence-corrected chi connectivity index (χ1v) is 8.43. The average Bonchev–Trinajstić information content (AvgIpc) is 3.18. The number of anilines is 1. The van der Waals surface area contributed by atoms with Crippen molar-refractivity contribution in [2.45, 2.75) is 6.18 Å². The van der Waals surface area contributed by atoms with E-state index in [0.717, 1.165) is 12.1 Å². The summed E-state index contributed by atoms with van der Waals surface area (Å²) in [5.74, 6) is -0.426. The minimum absolute atomic E-state index is 0.0113. The number of carbonyl (C=O) groups excluding carboxylic acids is 1. The molecule has 2 heterocycles. The maximum absolute atomic E-state index is 12.6. The maximum Gasteiger partial charge on any atom is 0.416 e. The zero-order chi connectivity index (χ0) is 19.8. The van der Waals surface area contributed by atoms with Crippen LogP contribution in [0.3, 0.4) is 0 Å². The lowest BCUT2D eigenvalue weighted by Gasteiger charge is -2.06. The Kier molecular flexibility index (Phi) is 4.92. The molecule has 0 fully saturated rings. The van der Waals surface area contributed by atoms with Gasteiger partial charge in [0.2, 0.25) is 11.8 Å². The minimum atomic E-state index is -4.44. The lowest BCUT2D eigenvalue weighted by atomic mass is 10.1. The molecule has 0 radical (unpaired) electrons. The summed E-state index contributed by atoms with van der Waals surface area (Å²) >= 11 is 1.29. The van der Waals surface area contributed by atoms with Gasteiger partial charge in [-0.2, -0.15) is 18.2 Å². The van der Waals surface area contributed by atoms with Crippen molar-refractivity contribution in [3.63, 3.8) is 0 Å². The summed E-state index contributed by atoms with van der Waals surface area (Å²) in [4.78, 5) is 22.8. The first kappa shape index (κ1) is 18.9. The third-order valence-corrected chi connectivity index (χ3v) is 4.68. The molecule has 10 heteroatoms. The van der Waals surface area contributed by atoms with E-state index in [1.807, 2.05) is 14.1 Å². The summed E-state index contributed by atoms with van der Waals surface area (Å²) < 4.78 is 48.2. The maximum atomic E-state index is 12.6. The van der Waals surface area contributed by atoms with Gasteiger partial charge in [0, 0.05) is 19.7 Å². The van der Waals surface area contributed by atoms with Crippen LogP contribution in [0.25, 0.3) is 6.08 Å². The van der Waals surface area contributed by atoms with Gasteiger partial charge in [0.1, 0.15) is 0 Å². The molecule has 0 N–H and O–H groups in total. The molecule has 0 spiro atoms. The quantitative estimate of drug-likeness (QED) is 0.583. The van der Waals surface area contributed by atoms with E-state index in [2.05, 4.69) is 9.98 Å². The molecule has 0 saturated carbocycles. The van der Waals surface area contributed by atoms with Crippen LogP contribution in [-0.2, 0) is 15.7 Å². The highest BCUT2D eigenvalue weighted by Gasteiger charge is 2.31. The summed E-state index contributed by atoms with van der Waals surface area (Å²) in [5.41, 5.74) is -0.514. The fourth-order valence-electron chi connectivity index (χ4n) is 2.19. The summed E-state index contributed by atoms with van der Waals surface area (Å²) in [6.45, 7) is 0. The molecule has 27 heavy (non-hydrogen) atoms. The van der Waals surface area contributed by atoms with Crippen molar-refractivity contribution in [1.29, 1.82) is 0 Å². The van der Waals surface area contributed by atoms with Gasteiger partial charge in [-0.05, 0) is 30.3 Å². The van der Waals surface area contributed by atoms with E-state index in [0.29, 0.717) is 15.9 Å². The molecule has 0 atom stereocenters. The number of benzene rings is 1. The summed E-state index contributed by atoms with van der Waals surface area (Å²) in [6, 6.07) is 4.22. The molecule has 0 bridgehead atoms. The Morgan fingerprint density at radius 1 is 1.22 bits per heavy atom. The van der Waals surface area contributed by atoms with Gasteiger partial charge in [0.15, 0.2) is 10.8 Å².